The lowest BCUT2D eigenvalue weighted by Gasteiger charge is -2.06. The first-order valence-electron chi connectivity index (χ1n) is 8.00. The third kappa shape index (κ3) is 3.58. The van der Waals surface area contributed by atoms with Gasteiger partial charge in [0.05, 0.1) is 12.2 Å². The van der Waals surface area contributed by atoms with Crippen LogP contribution >= 0.6 is 11.3 Å². The van der Waals surface area contributed by atoms with Gasteiger partial charge in [-0.2, -0.15) is 0 Å². The highest BCUT2D eigenvalue weighted by Crippen LogP contribution is 2.22. The predicted octanol–water partition coefficient (Wildman–Crippen LogP) is 3.08. The fourth-order valence-electron chi connectivity index (χ4n) is 2.70. The van der Waals surface area contributed by atoms with E-state index in [0.29, 0.717) is 16.7 Å². The lowest BCUT2D eigenvalue weighted by atomic mass is 10.1. The first kappa shape index (κ1) is 18.0. The summed E-state index contributed by atoms with van der Waals surface area (Å²) in [5.74, 6) is -0.835. The van der Waals surface area contributed by atoms with Crippen molar-refractivity contribution in [3.8, 4) is 5.13 Å². The molecule has 6 nitrogen and oxygen atoms in total. The van der Waals surface area contributed by atoms with Crippen molar-refractivity contribution >= 4 is 23.1 Å². The molecular weight excluding hydrogens is 352 g/mol. The van der Waals surface area contributed by atoms with Crippen molar-refractivity contribution in [2.45, 2.75) is 20.5 Å². The van der Waals surface area contributed by atoms with Crippen molar-refractivity contribution < 1.29 is 19.4 Å². The number of hydrogen-bond acceptors (Lipinski definition) is 6. The van der Waals surface area contributed by atoms with Crippen molar-refractivity contribution in [2.24, 2.45) is 0 Å². The van der Waals surface area contributed by atoms with Crippen LogP contribution in [0.1, 0.15) is 37.7 Å². The van der Waals surface area contributed by atoms with E-state index in [1.54, 1.807) is 36.5 Å². The van der Waals surface area contributed by atoms with Crippen molar-refractivity contribution in [2.75, 3.05) is 6.61 Å². The second-order valence-corrected chi connectivity index (χ2v) is 6.66. The van der Waals surface area contributed by atoms with E-state index in [9.17, 15) is 9.59 Å². The van der Waals surface area contributed by atoms with Gasteiger partial charge >= 0.3 is 5.97 Å². The summed E-state index contributed by atoms with van der Waals surface area (Å²) >= 11 is 1.49. The SMILES string of the molecule is Cc1cc(C(=O)COC(=O)c2ccc(CO)cc2)c(C)n1-c1nccs1. The highest BCUT2D eigenvalue weighted by molar-refractivity contribution is 7.12. The number of aliphatic hydroxyl groups is 1. The van der Waals surface area contributed by atoms with Gasteiger partial charge < -0.3 is 9.84 Å². The number of carbonyl (C=O) groups excluding carboxylic acids is 2. The van der Waals surface area contributed by atoms with Crippen molar-refractivity contribution in [1.82, 2.24) is 9.55 Å². The van der Waals surface area contributed by atoms with E-state index in [2.05, 4.69) is 4.98 Å². The van der Waals surface area contributed by atoms with Crippen LogP contribution in [-0.4, -0.2) is 33.0 Å². The van der Waals surface area contributed by atoms with Crippen LogP contribution in [0.2, 0.25) is 0 Å². The normalized spacial score (nSPS) is 10.7. The molecule has 3 rings (SSSR count). The molecule has 2 heterocycles. The molecule has 0 unspecified atom stereocenters. The number of aromatic nitrogens is 2. The number of aliphatic hydroxyl groups excluding tert-OH is 1. The lowest BCUT2D eigenvalue weighted by molar-refractivity contribution is 0.0474. The molecule has 0 radical (unpaired) electrons. The van der Waals surface area contributed by atoms with Crippen LogP contribution in [0, 0.1) is 13.8 Å². The zero-order valence-corrected chi connectivity index (χ0v) is 15.2. The van der Waals surface area contributed by atoms with E-state index in [-0.39, 0.29) is 19.0 Å². The molecule has 7 heteroatoms. The van der Waals surface area contributed by atoms with Crippen molar-refractivity contribution in [1.29, 1.82) is 0 Å². The van der Waals surface area contributed by atoms with Gasteiger partial charge in [0, 0.05) is 28.5 Å². The molecule has 1 aromatic carbocycles. The van der Waals surface area contributed by atoms with Crippen molar-refractivity contribution in [3.05, 3.63) is 70.0 Å². The Morgan fingerprint density at radius 1 is 1.23 bits per heavy atom. The molecule has 0 fully saturated rings. The molecule has 0 bridgehead atoms. The maximum absolute atomic E-state index is 12.5. The van der Waals surface area contributed by atoms with E-state index >= 15 is 0 Å². The quantitative estimate of drug-likeness (QED) is 0.533. The van der Waals surface area contributed by atoms with E-state index < -0.39 is 5.97 Å². The number of hydrogen-bond donors (Lipinski definition) is 1. The molecule has 3 aromatic rings. The second-order valence-electron chi connectivity index (χ2n) is 5.79. The smallest absolute Gasteiger partial charge is 0.338 e. The van der Waals surface area contributed by atoms with E-state index in [4.69, 9.17) is 9.84 Å². The van der Waals surface area contributed by atoms with Crippen LogP contribution in [0.15, 0.2) is 41.9 Å². The Kier molecular flexibility index (Phi) is 5.29. The molecule has 26 heavy (non-hydrogen) atoms. The molecule has 0 atom stereocenters. The Morgan fingerprint density at radius 3 is 2.58 bits per heavy atom. The van der Waals surface area contributed by atoms with Gasteiger partial charge in [-0.25, -0.2) is 9.78 Å². The minimum Gasteiger partial charge on any atom is -0.454 e. The Hall–Kier alpha value is -2.77. The van der Waals surface area contributed by atoms with Gasteiger partial charge in [0.2, 0.25) is 5.78 Å². The number of esters is 1. The van der Waals surface area contributed by atoms with Gasteiger partial charge in [-0.1, -0.05) is 12.1 Å². The number of ketones is 1. The highest BCUT2D eigenvalue weighted by atomic mass is 32.1. The van der Waals surface area contributed by atoms with Crippen LogP contribution in [0.4, 0.5) is 0 Å². The van der Waals surface area contributed by atoms with Crippen LogP contribution < -0.4 is 0 Å². The fourth-order valence-corrected chi connectivity index (χ4v) is 3.46. The second kappa shape index (κ2) is 7.63. The van der Waals surface area contributed by atoms with Crippen molar-refractivity contribution in [3.63, 3.8) is 0 Å². The zero-order valence-electron chi connectivity index (χ0n) is 14.4. The summed E-state index contributed by atoms with van der Waals surface area (Å²) < 4.78 is 7.05. The third-order valence-electron chi connectivity index (χ3n) is 4.05. The van der Waals surface area contributed by atoms with Crippen LogP contribution in [0.25, 0.3) is 5.13 Å². The van der Waals surface area contributed by atoms with Gasteiger partial charge in [0.1, 0.15) is 0 Å². The molecule has 2 aromatic heterocycles. The Labute approximate surface area is 154 Å². The summed E-state index contributed by atoms with van der Waals surface area (Å²) in [5, 5.41) is 11.7. The zero-order chi connectivity index (χ0) is 18.7. The minimum absolute atomic E-state index is 0.0947. The summed E-state index contributed by atoms with van der Waals surface area (Å²) in [7, 11) is 0. The van der Waals surface area contributed by atoms with E-state index in [1.165, 1.54) is 11.3 Å². The highest BCUT2D eigenvalue weighted by Gasteiger charge is 2.19. The number of benzene rings is 1. The maximum atomic E-state index is 12.5. The van der Waals surface area contributed by atoms with E-state index in [0.717, 1.165) is 16.5 Å². The van der Waals surface area contributed by atoms with Crippen LogP contribution in [0.5, 0.6) is 0 Å². The summed E-state index contributed by atoms with van der Waals surface area (Å²) in [6, 6.07) is 8.18. The van der Waals surface area contributed by atoms with Crippen LogP contribution in [0.3, 0.4) is 0 Å². The molecule has 0 aliphatic heterocycles. The number of Topliss-reactive ketones (excluding diaryl/α,β-unsaturated/α-hetero) is 1. The fraction of sp³-hybridized carbons (Fsp3) is 0.211. The summed E-state index contributed by atoms with van der Waals surface area (Å²) in [6.45, 7) is 3.32. The number of rotatable bonds is 6. The van der Waals surface area contributed by atoms with Gasteiger partial charge in [-0.3, -0.25) is 9.36 Å². The number of aryl methyl sites for hydroxylation is 1. The molecule has 0 aliphatic carbocycles. The van der Waals surface area contributed by atoms with Gasteiger partial charge in [0.15, 0.2) is 11.7 Å². The Morgan fingerprint density at radius 2 is 1.96 bits per heavy atom. The Bertz CT molecular complexity index is 927. The molecular formula is C19H18N2O4S. The van der Waals surface area contributed by atoms with Crippen LogP contribution in [-0.2, 0) is 11.3 Å². The van der Waals surface area contributed by atoms with Gasteiger partial charge in [-0.15, -0.1) is 11.3 Å². The molecule has 0 saturated heterocycles. The molecule has 0 saturated carbocycles. The molecule has 134 valence electrons. The largest absolute Gasteiger partial charge is 0.454 e. The molecule has 0 aliphatic rings. The van der Waals surface area contributed by atoms with Gasteiger partial charge in [0.25, 0.3) is 0 Å². The Balaban J connectivity index is 1.70. The summed E-state index contributed by atoms with van der Waals surface area (Å²) in [5.41, 5.74) is 3.22. The molecule has 0 amide bonds. The predicted molar refractivity (Wildman–Crippen MR) is 97.9 cm³/mol. The average molecular weight is 370 g/mol. The standard InChI is InChI=1S/C19H18N2O4S/c1-12-9-16(13(2)21(12)19-20-7-8-26-19)17(23)11-25-18(24)15-5-3-14(10-22)4-6-15/h3-9,22H,10-11H2,1-2H3. The van der Waals surface area contributed by atoms with E-state index in [1.807, 2.05) is 23.8 Å². The topological polar surface area (TPSA) is 81.4 Å². The first-order valence-corrected chi connectivity index (χ1v) is 8.88. The number of thiazole rings is 1. The minimum atomic E-state index is -0.573. The average Bonchev–Trinajstić information content (AvgIpc) is 3.27. The number of nitrogens with zero attached hydrogens (tertiary/aromatic N) is 2. The number of carbonyl (C=O) groups is 2. The third-order valence-corrected chi connectivity index (χ3v) is 4.81. The molecule has 1 N–H and O–H groups in total. The lowest BCUT2D eigenvalue weighted by Crippen LogP contribution is -2.15. The monoisotopic (exact) mass is 370 g/mol. The molecule has 0 spiro atoms. The first-order chi connectivity index (χ1) is 12.5. The maximum Gasteiger partial charge on any atom is 0.338 e. The summed E-state index contributed by atoms with van der Waals surface area (Å²) in [6.07, 6.45) is 1.71. The number of ether oxygens (including phenoxy) is 1. The summed E-state index contributed by atoms with van der Waals surface area (Å²) in [4.78, 5) is 28.8. The van der Waals surface area contributed by atoms with Gasteiger partial charge in [-0.05, 0) is 37.6 Å².